The molecule has 0 heterocycles. The summed E-state index contributed by atoms with van der Waals surface area (Å²) in [4.78, 5) is 0. The van der Waals surface area contributed by atoms with E-state index in [1.54, 1.807) is 0 Å². The second-order valence-electron chi connectivity index (χ2n) is 5.15. The molecule has 0 aliphatic heterocycles. The Morgan fingerprint density at radius 3 is 2.89 bits per heavy atom. The molecule has 1 aliphatic rings. The predicted octanol–water partition coefficient (Wildman–Crippen LogP) is 2.70. The molecule has 3 heteroatoms. The zero-order valence-electron chi connectivity index (χ0n) is 12.2. The van der Waals surface area contributed by atoms with Gasteiger partial charge in [0.15, 0.2) is 0 Å². The van der Waals surface area contributed by atoms with E-state index in [4.69, 9.17) is 9.47 Å². The lowest BCUT2D eigenvalue weighted by Gasteiger charge is -2.35. The fourth-order valence-corrected chi connectivity index (χ4v) is 2.84. The van der Waals surface area contributed by atoms with Crippen molar-refractivity contribution in [2.75, 3.05) is 20.3 Å². The number of hydrogen-bond donors (Lipinski definition) is 1. The fraction of sp³-hybridized carbons (Fsp3) is 0.625. The summed E-state index contributed by atoms with van der Waals surface area (Å²) in [6.07, 6.45) is 2.54. The monoisotopic (exact) mass is 263 g/mol. The van der Waals surface area contributed by atoms with Crippen molar-refractivity contribution in [2.45, 2.75) is 44.9 Å². The van der Waals surface area contributed by atoms with Crippen LogP contribution in [0, 0.1) is 0 Å². The number of aryl methyl sites for hydroxylation is 1. The molecule has 1 N–H and O–H groups in total. The van der Waals surface area contributed by atoms with E-state index in [1.165, 1.54) is 11.1 Å². The number of fused-ring (bicyclic) bond motifs is 1. The average Bonchev–Trinajstić information content (AvgIpc) is 2.45. The van der Waals surface area contributed by atoms with Gasteiger partial charge < -0.3 is 14.8 Å². The lowest BCUT2D eigenvalue weighted by molar-refractivity contribution is -0.0647. The van der Waals surface area contributed by atoms with E-state index in [1.807, 2.05) is 14.0 Å². The molecule has 3 unspecified atom stereocenters. The molecule has 0 saturated heterocycles. The first-order valence-corrected chi connectivity index (χ1v) is 7.24. The summed E-state index contributed by atoms with van der Waals surface area (Å²) in [5.74, 6) is 0. The molecule has 0 bridgehead atoms. The van der Waals surface area contributed by atoms with E-state index in [-0.39, 0.29) is 18.2 Å². The van der Waals surface area contributed by atoms with Crippen LogP contribution in [0.15, 0.2) is 24.3 Å². The van der Waals surface area contributed by atoms with Crippen LogP contribution in [0.25, 0.3) is 0 Å². The highest BCUT2D eigenvalue weighted by atomic mass is 16.5. The van der Waals surface area contributed by atoms with E-state index in [9.17, 15) is 0 Å². The van der Waals surface area contributed by atoms with Crippen LogP contribution in [0.4, 0.5) is 0 Å². The third-order valence-electron chi connectivity index (χ3n) is 3.73. The van der Waals surface area contributed by atoms with E-state index in [2.05, 4.69) is 36.5 Å². The van der Waals surface area contributed by atoms with Gasteiger partial charge in [-0.3, -0.25) is 0 Å². The lowest BCUT2D eigenvalue weighted by atomic mass is 9.85. The van der Waals surface area contributed by atoms with Crippen LogP contribution in [0.2, 0.25) is 0 Å². The second kappa shape index (κ2) is 7.04. The van der Waals surface area contributed by atoms with Gasteiger partial charge in [0.05, 0.1) is 24.9 Å². The van der Waals surface area contributed by atoms with Gasteiger partial charge >= 0.3 is 0 Å². The zero-order valence-corrected chi connectivity index (χ0v) is 12.2. The molecule has 0 fully saturated rings. The Morgan fingerprint density at radius 2 is 2.16 bits per heavy atom. The predicted molar refractivity (Wildman–Crippen MR) is 77.4 cm³/mol. The van der Waals surface area contributed by atoms with E-state index in [0.29, 0.717) is 6.61 Å². The summed E-state index contributed by atoms with van der Waals surface area (Å²) >= 11 is 0. The summed E-state index contributed by atoms with van der Waals surface area (Å²) in [5, 5.41) is 3.41. The average molecular weight is 263 g/mol. The molecule has 3 atom stereocenters. The van der Waals surface area contributed by atoms with E-state index in [0.717, 1.165) is 19.4 Å². The molecule has 3 nitrogen and oxygen atoms in total. The minimum Gasteiger partial charge on any atom is -0.379 e. The van der Waals surface area contributed by atoms with Gasteiger partial charge in [0.25, 0.3) is 0 Å². The Hall–Kier alpha value is -0.900. The molecule has 106 valence electrons. The number of rotatable bonds is 6. The van der Waals surface area contributed by atoms with Crippen molar-refractivity contribution in [2.24, 2.45) is 0 Å². The highest BCUT2D eigenvalue weighted by molar-refractivity contribution is 5.33. The number of likely N-dealkylation sites (N-methyl/N-ethyl adjacent to an activating group) is 1. The molecule has 0 radical (unpaired) electrons. The SMILES string of the molecule is CCOCC(C)OC1CCc2ccccc2C1NC. The summed E-state index contributed by atoms with van der Waals surface area (Å²) in [7, 11) is 2.01. The molecule has 2 rings (SSSR count). The van der Waals surface area contributed by atoms with Gasteiger partial charge in [0, 0.05) is 6.61 Å². The van der Waals surface area contributed by atoms with E-state index >= 15 is 0 Å². The van der Waals surface area contributed by atoms with Crippen LogP contribution >= 0.6 is 0 Å². The highest BCUT2D eigenvalue weighted by Crippen LogP contribution is 2.32. The zero-order chi connectivity index (χ0) is 13.7. The lowest BCUT2D eigenvalue weighted by Crippen LogP contribution is -2.38. The molecule has 0 saturated carbocycles. The van der Waals surface area contributed by atoms with Crippen LogP contribution in [-0.2, 0) is 15.9 Å². The topological polar surface area (TPSA) is 30.5 Å². The third kappa shape index (κ3) is 3.56. The quantitative estimate of drug-likeness (QED) is 0.856. The van der Waals surface area contributed by atoms with Gasteiger partial charge in [0.2, 0.25) is 0 Å². The normalized spacial score (nSPS) is 23.9. The number of benzene rings is 1. The minimum atomic E-state index is 0.145. The van der Waals surface area contributed by atoms with Crippen molar-refractivity contribution >= 4 is 0 Å². The molecule has 1 aromatic rings. The van der Waals surface area contributed by atoms with Crippen molar-refractivity contribution in [3.8, 4) is 0 Å². The fourth-order valence-electron chi connectivity index (χ4n) is 2.84. The van der Waals surface area contributed by atoms with Gasteiger partial charge in [-0.1, -0.05) is 24.3 Å². The minimum absolute atomic E-state index is 0.145. The van der Waals surface area contributed by atoms with Crippen molar-refractivity contribution in [3.63, 3.8) is 0 Å². The maximum absolute atomic E-state index is 6.17. The van der Waals surface area contributed by atoms with Gasteiger partial charge in [-0.2, -0.15) is 0 Å². The highest BCUT2D eigenvalue weighted by Gasteiger charge is 2.29. The van der Waals surface area contributed by atoms with Gasteiger partial charge in [0.1, 0.15) is 0 Å². The van der Waals surface area contributed by atoms with Crippen molar-refractivity contribution < 1.29 is 9.47 Å². The summed E-state index contributed by atoms with van der Waals surface area (Å²) in [6.45, 7) is 5.52. The Morgan fingerprint density at radius 1 is 1.37 bits per heavy atom. The standard InChI is InChI=1S/C16H25NO2/c1-4-18-11-12(2)19-15-10-9-13-7-5-6-8-14(13)16(15)17-3/h5-8,12,15-17H,4,9-11H2,1-3H3. The molecule has 0 spiro atoms. The molecule has 19 heavy (non-hydrogen) atoms. The Labute approximate surface area is 116 Å². The first kappa shape index (κ1) is 14.5. The smallest absolute Gasteiger partial charge is 0.0785 e. The second-order valence-corrected chi connectivity index (χ2v) is 5.15. The van der Waals surface area contributed by atoms with Gasteiger partial charge in [-0.15, -0.1) is 0 Å². The summed E-state index contributed by atoms with van der Waals surface area (Å²) in [5.41, 5.74) is 2.82. The molecular formula is C16H25NO2. The van der Waals surface area contributed by atoms with Crippen LogP contribution in [0.1, 0.15) is 37.4 Å². The first-order chi connectivity index (χ1) is 9.26. The molecular weight excluding hydrogens is 238 g/mol. The van der Waals surface area contributed by atoms with Gasteiger partial charge in [-0.05, 0) is 44.9 Å². The Bertz CT molecular complexity index is 394. The number of hydrogen-bond acceptors (Lipinski definition) is 3. The van der Waals surface area contributed by atoms with Crippen molar-refractivity contribution in [1.29, 1.82) is 0 Å². The summed E-state index contributed by atoms with van der Waals surface area (Å²) in [6, 6.07) is 8.94. The Kier molecular flexibility index (Phi) is 5.37. The maximum Gasteiger partial charge on any atom is 0.0785 e. The van der Waals surface area contributed by atoms with Gasteiger partial charge in [-0.25, -0.2) is 0 Å². The molecule has 0 aromatic heterocycles. The molecule has 1 aliphatic carbocycles. The van der Waals surface area contributed by atoms with Crippen molar-refractivity contribution in [1.82, 2.24) is 5.32 Å². The molecule has 1 aromatic carbocycles. The third-order valence-corrected chi connectivity index (χ3v) is 3.73. The van der Waals surface area contributed by atoms with Crippen LogP contribution in [-0.4, -0.2) is 32.5 Å². The van der Waals surface area contributed by atoms with Crippen LogP contribution in [0.3, 0.4) is 0 Å². The largest absolute Gasteiger partial charge is 0.379 e. The van der Waals surface area contributed by atoms with Crippen LogP contribution < -0.4 is 5.32 Å². The van der Waals surface area contributed by atoms with Crippen LogP contribution in [0.5, 0.6) is 0 Å². The number of ether oxygens (including phenoxy) is 2. The van der Waals surface area contributed by atoms with E-state index < -0.39 is 0 Å². The maximum atomic E-state index is 6.17. The van der Waals surface area contributed by atoms with Crippen molar-refractivity contribution in [3.05, 3.63) is 35.4 Å². The summed E-state index contributed by atoms with van der Waals surface area (Å²) < 4.78 is 11.6. The first-order valence-electron chi connectivity index (χ1n) is 7.24. The number of nitrogens with one attached hydrogen (secondary N) is 1. The Balaban J connectivity index is 2.03. The molecule has 0 amide bonds.